The number of carbonyl (C=O) groups excluding carboxylic acids is 2. The average Bonchev–Trinajstić information content (AvgIpc) is 2.51. The number of hydrogen-bond acceptors (Lipinski definition) is 4. The van der Waals surface area contributed by atoms with Gasteiger partial charge in [-0.1, -0.05) is 0 Å². The predicted molar refractivity (Wildman–Crippen MR) is 96.6 cm³/mol. The molecule has 1 aromatic rings. The van der Waals surface area contributed by atoms with E-state index in [4.69, 9.17) is 10.5 Å². The fraction of sp³-hybridized carbons (Fsp3) is 0.529. The lowest BCUT2D eigenvalue weighted by Gasteiger charge is -2.17. The van der Waals surface area contributed by atoms with E-state index >= 15 is 0 Å². The molecule has 2 rings (SSSR count). The Bertz CT molecular complexity index is 564. The number of anilines is 1. The van der Waals surface area contributed by atoms with Gasteiger partial charge in [0, 0.05) is 31.1 Å². The summed E-state index contributed by atoms with van der Waals surface area (Å²) in [5.41, 5.74) is 7.58. The molecule has 0 aromatic heterocycles. The van der Waals surface area contributed by atoms with Crippen LogP contribution < -0.4 is 21.1 Å². The van der Waals surface area contributed by atoms with Crippen LogP contribution in [0.15, 0.2) is 18.2 Å². The van der Waals surface area contributed by atoms with Crippen molar-refractivity contribution in [2.75, 3.05) is 18.5 Å². The number of halogens is 1. The van der Waals surface area contributed by atoms with Crippen molar-refractivity contribution in [2.45, 2.75) is 45.1 Å². The van der Waals surface area contributed by atoms with Crippen molar-refractivity contribution in [1.82, 2.24) is 5.32 Å². The van der Waals surface area contributed by atoms with Crippen molar-refractivity contribution >= 4 is 29.9 Å². The minimum atomic E-state index is 0. The first kappa shape index (κ1) is 20.3. The van der Waals surface area contributed by atoms with Gasteiger partial charge in [0.25, 0.3) is 0 Å². The molecule has 0 aliphatic carbocycles. The number of carbonyl (C=O) groups is 2. The molecule has 0 saturated carbocycles. The Morgan fingerprint density at radius 1 is 1.42 bits per heavy atom. The van der Waals surface area contributed by atoms with E-state index in [1.807, 2.05) is 25.1 Å². The minimum Gasteiger partial charge on any atom is -0.494 e. The molecule has 0 radical (unpaired) electrons. The standard InChI is InChI=1S/C17H25N3O3.ClH/c1-12(18)8-9-19-16(21)3-2-10-23-14-5-6-15-13(11-14)4-7-17(22)20-15;/h5-6,11-12H,2-4,7-10,18H2,1H3,(H,19,21)(H,20,22);1H. The van der Waals surface area contributed by atoms with E-state index in [-0.39, 0.29) is 30.3 Å². The van der Waals surface area contributed by atoms with Crippen LogP contribution in [0.1, 0.15) is 38.2 Å². The highest BCUT2D eigenvalue weighted by Gasteiger charge is 2.14. The molecule has 1 heterocycles. The highest BCUT2D eigenvalue weighted by atomic mass is 35.5. The van der Waals surface area contributed by atoms with Crippen LogP contribution >= 0.6 is 12.4 Å². The van der Waals surface area contributed by atoms with E-state index in [1.165, 1.54) is 0 Å². The van der Waals surface area contributed by atoms with E-state index < -0.39 is 0 Å². The quantitative estimate of drug-likeness (QED) is 0.622. The van der Waals surface area contributed by atoms with Gasteiger partial charge < -0.3 is 21.1 Å². The molecule has 1 aliphatic rings. The third-order valence-corrected chi connectivity index (χ3v) is 3.71. The first-order valence-electron chi connectivity index (χ1n) is 8.12. The number of ether oxygens (including phenoxy) is 1. The summed E-state index contributed by atoms with van der Waals surface area (Å²) < 4.78 is 5.68. The lowest BCUT2D eigenvalue weighted by molar-refractivity contribution is -0.121. The average molecular weight is 356 g/mol. The second-order valence-corrected chi connectivity index (χ2v) is 5.94. The molecule has 2 amide bonds. The van der Waals surface area contributed by atoms with Gasteiger partial charge in [0.05, 0.1) is 6.61 Å². The normalized spacial score (nSPS) is 14.0. The Hall–Kier alpha value is -1.79. The topological polar surface area (TPSA) is 93.4 Å². The fourth-order valence-electron chi connectivity index (χ4n) is 2.40. The van der Waals surface area contributed by atoms with Crippen LogP contribution in [0.5, 0.6) is 5.75 Å². The summed E-state index contributed by atoms with van der Waals surface area (Å²) in [4.78, 5) is 22.9. The summed E-state index contributed by atoms with van der Waals surface area (Å²) in [6, 6.07) is 5.76. The lowest BCUT2D eigenvalue weighted by Crippen LogP contribution is -2.28. The zero-order valence-corrected chi connectivity index (χ0v) is 14.8. The molecule has 1 unspecified atom stereocenters. The smallest absolute Gasteiger partial charge is 0.224 e. The van der Waals surface area contributed by atoms with Gasteiger partial charge in [-0.2, -0.15) is 0 Å². The van der Waals surface area contributed by atoms with Crippen LogP contribution in [-0.2, 0) is 16.0 Å². The van der Waals surface area contributed by atoms with Gasteiger partial charge in [-0.05, 0) is 49.9 Å². The Morgan fingerprint density at radius 2 is 2.21 bits per heavy atom. The number of nitrogens with two attached hydrogens (primary N) is 1. The highest BCUT2D eigenvalue weighted by Crippen LogP contribution is 2.26. The summed E-state index contributed by atoms with van der Waals surface area (Å²) in [6.07, 6.45) is 3.14. The molecular formula is C17H26ClN3O3. The largest absolute Gasteiger partial charge is 0.494 e. The maximum Gasteiger partial charge on any atom is 0.224 e. The van der Waals surface area contributed by atoms with Crippen LogP contribution in [0.3, 0.4) is 0 Å². The summed E-state index contributed by atoms with van der Waals surface area (Å²) in [5, 5.41) is 5.68. The van der Waals surface area contributed by atoms with Crippen LogP contribution in [0.25, 0.3) is 0 Å². The van der Waals surface area contributed by atoms with E-state index in [0.717, 1.165) is 29.8 Å². The highest BCUT2D eigenvalue weighted by molar-refractivity contribution is 5.94. The van der Waals surface area contributed by atoms with Crippen molar-refractivity contribution in [3.05, 3.63) is 23.8 Å². The number of hydrogen-bond donors (Lipinski definition) is 3. The molecule has 0 saturated heterocycles. The molecule has 7 heteroatoms. The van der Waals surface area contributed by atoms with E-state index in [9.17, 15) is 9.59 Å². The number of rotatable bonds is 8. The number of nitrogens with one attached hydrogen (secondary N) is 2. The van der Waals surface area contributed by atoms with E-state index in [0.29, 0.717) is 32.4 Å². The number of benzene rings is 1. The van der Waals surface area contributed by atoms with Gasteiger partial charge in [0.15, 0.2) is 0 Å². The van der Waals surface area contributed by atoms with E-state index in [1.54, 1.807) is 0 Å². The fourth-order valence-corrected chi connectivity index (χ4v) is 2.40. The number of fused-ring (bicyclic) bond motifs is 1. The summed E-state index contributed by atoms with van der Waals surface area (Å²) in [7, 11) is 0. The summed E-state index contributed by atoms with van der Waals surface area (Å²) in [5.74, 6) is 0.862. The number of aryl methyl sites for hydroxylation is 1. The van der Waals surface area contributed by atoms with Gasteiger partial charge in [-0.25, -0.2) is 0 Å². The second-order valence-electron chi connectivity index (χ2n) is 5.94. The molecule has 0 spiro atoms. The lowest BCUT2D eigenvalue weighted by atomic mass is 10.0. The van der Waals surface area contributed by atoms with Crippen molar-refractivity contribution in [3.8, 4) is 5.75 Å². The summed E-state index contributed by atoms with van der Waals surface area (Å²) in [6.45, 7) is 3.03. The minimum absolute atomic E-state index is 0. The molecule has 1 atom stereocenters. The SMILES string of the molecule is CC(N)CCNC(=O)CCCOc1ccc2c(c1)CCC(=O)N2.Cl. The zero-order chi connectivity index (χ0) is 16.7. The molecular weight excluding hydrogens is 330 g/mol. The molecule has 24 heavy (non-hydrogen) atoms. The number of amides is 2. The molecule has 0 bridgehead atoms. The van der Waals surface area contributed by atoms with Crippen LogP contribution in [-0.4, -0.2) is 31.0 Å². The van der Waals surface area contributed by atoms with Gasteiger partial charge >= 0.3 is 0 Å². The van der Waals surface area contributed by atoms with Gasteiger partial charge in [-0.15, -0.1) is 12.4 Å². The van der Waals surface area contributed by atoms with Crippen molar-refractivity contribution in [2.24, 2.45) is 5.73 Å². The zero-order valence-electron chi connectivity index (χ0n) is 14.0. The van der Waals surface area contributed by atoms with Crippen molar-refractivity contribution in [1.29, 1.82) is 0 Å². The third-order valence-electron chi connectivity index (χ3n) is 3.71. The van der Waals surface area contributed by atoms with Crippen molar-refractivity contribution in [3.63, 3.8) is 0 Å². The van der Waals surface area contributed by atoms with Crippen LogP contribution in [0.4, 0.5) is 5.69 Å². The molecule has 134 valence electrons. The maximum atomic E-state index is 11.6. The van der Waals surface area contributed by atoms with Crippen LogP contribution in [0.2, 0.25) is 0 Å². The van der Waals surface area contributed by atoms with E-state index in [2.05, 4.69) is 10.6 Å². The Morgan fingerprint density at radius 3 is 2.96 bits per heavy atom. The first-order valence-corrected chi connectivity index (χ1v) is 8.12. The van der Waals surface area contributed by atoms with Crippen LogP contribution in [0, 0.1) is 0 Å². The van der Waals surface area contributed by atoms with Crippen molar-refractivity contribution < 1.29 is 14.3 Å². The third kappa shape index (κ3) is 6.76. The maximum absolute atomic E-state index is 11.6. The first-order chi connectivity index (χ1) is 11.0. The van der Waals surface area contributed by atoms with Gasteiger partial charge in [0.1, 0.15) is 5.75 Å². The Kier molecular flexibility index (Phi) is 8.57. The molecule has 0 fully saturated rings. The molecule has 6 nitrogen and oxygen atoms in total. The van der Waals surface area contributed by atoms with Gasteiger partial charge in [-0.3, -0.25) is 9.59 Å². The van der Waals surface area contributed by atoms with Gasteiger partial charge in [0.2, 0.25) is 11.8 Å². The summed E-state index contributed by atoms with van der Waals surface area (Å²) >= 11 is 0. The predicted octanol–water partition coefficient (Wildman–Crippen LogP) is 2.01. The molecule has 1 aromatic carbocycles. The Labute approximate surface area is 148 Å². The Balaban J connectivity index is 0.00000288. The second kappa shape index (κ2) is 10.2. The molecule has 4 N–H and O–H groups in total. The monoisotopic (exact) mass is 355 g/mol. The molecule has 1 aliphatic heterocycles.